The second-order valence-electron chi connectivity index (χ2n) is 5.50. The van der Waals surface area contributed by atoms with Gasteiger partial charge in [0.2, 0.25) is 0 Å². The van der Waals surface area contributed by atoms with Crippen LogP contribution in [0.4, 0.5) is 5.69 Å². The summed E-state index contributed by atoms with van der Waals surface area (Å²) in [5.74, 6) is 0.457. The van der Waals surface area contributed by atoms with E-state index >= 15 is 0 Å². The number of ether oxygens (including phenoxy) is 2. The molecule has 0 atom stereocenters. The largest absolute Gasteiger partial charge is 0.486 e. The number of aromatic nitrogens is 3. The predicted molar refractivity (Wildman–Crippen MR) is 88.2 cm³/mol. The van der Waals surface area contributed by atoms with E-state index in [1.807, 2.05) is 12.1 Å². The lowest BCUT2D eigenvalue weighted by molar-refractivity contribution is -0.385. The number of amides is 1. The first-order valence-electron chi connectivity index (χ1n) is 7.78. The second kappa shape index (κ2) is 6.31. The first-order valence-corrected chi connectivity index (χ1v) is 7.78. The van der Waals surface area contributed by atoms with E-state index in [-0.39, 0.29) is 23.5 Å². The van der Waals surface area contributed by atoms with Crippen molar-refractivity contribution in [2.24, 2.45) is 0 Å². The summed E-state index contributed by atoms with van der Waals surface area (Å²) >= 11 is 0. The molecule has 10 heteroatoms. The van der Waals surface area contributed by atoms with Crippen LogP contribution in [0.5, 0.6) is 11.5 Å². The zero-order valence-corrected chi connectivity index (χ0v) is 13.4. The minimum Gasteiger partial charge on any atom is -0.486 e. The quantitative estimate of drug-likeness (QED) is 0.553. The fourth-order valence-electron chi connectivity index (χ4n) is 2.68. The van der Waals surface area contributed by atoms with Crippen LogP contribution in [0.25, 0.3) is 5.65 Å². The maximum Gasteiger partial charge on any atom is 0.286 e. The molecule has 3 aromatic rings. The van der Waals surface area contributed by atoms with Crippen molar-refractivity contribution in [3.63, 3.8) is 0 Å². The summed E-state index contributed by atoms with van der Waals surface area (Å²) in [6.45, 7) is 0.683. The molecular formula is C16H13N5O5. The van der Waals surface area contributed by atoms with Gasteiger partial charge >= 0.3 is 0 Å². The maximum atomic E-state index is 12.5. The van der Waals surface area contributed by atoms with E-state index in [9.17, 15) is 14.9 Å². The molecule has 2 aromatic heterocycles. The fourth-order valence-corrected chi connectivity index (χ4v) is 2.68. The van der Waals surface area contributed by atoms with Gasteiger partial charge in [-0.1, -0.05) is 6.07 Å². The van der Waals surface area contributed by atoms with Crippen molar-refractivity contribution in [3.8, 4) is 11.5 Å². The molecule has 1 aliphatic heterocycles. The van der Waals surface area contributed by atoms with Crippen LogP contribution in [-0.4, -0.2) is 38.6 Å². The van der Waals surface area contributed by atoms with Gasteiger partial charge in [0.05, 0.1) is 17.5 Å². The molecule has 1 aliphatic rings. The van der Waals surface area contributed by atoms with Crippen LogP contribution in [-0.2, 0) is 6.54 Å². The summed E-state index contributed by atoms with van der Waals surface area (Å²) in [6, 6.07) is 7.95. The molecule has 10 nitrogen and oxygen atoms in total. The van der Waals surface area contributed by atoms with Gasteiger partial charge in [0, 0.05) is 12.3 Å². The summed E-state index contributed by atoms with van der Waals surface area (Å²) < 4.78 is 12.5. The van der Waals surface area contributed by atoms with Crippen LogP contribution >= 0.6 is 0 Å². The van der Waals surface area contributed by atoms with E-state index in [1.165, 1.54) is 12.1 Å². The highest BCUT2D eigenvalue weighted by atomic mass is 16.6. The van der Waals surface area contributed by atoms with Gasteiger partial charge in [-0.3, -0.25) is 19.3 Å². The monoisotopic (exact) mass is 355 g/mol. The highest BCUT2D eigenvalue weighted by Gasteiger charge is 2.26. The normalized spacial score (nSPS) is 12.8. The first-order chi connectivity index (χ1) is 12.6. The van der Waals surface area contributed by atoms with Crippen molar-refractivity contribution >= 4 is 17.2 Å². The zero-order chi connectivity index (χ0) is 18.1. The average Bonchev–Trinajstić information content (AvgIpc) is 3.08. The Balaban J connectivity index is 1.60. The van der Waals surface area contributed by atoms with Gasteiger partial charge in [0.15, 0.2) is 23.0 Å². The Hall–Kier alpha value is -3.69. The molecule has 1 N–H and O–H groups in total. The lowest BCUT2D eigenvalue weighted by Gasteiger charge is -2.18. The Morgan fingerprint density at radius 1 is 1.23 bits per heavy atom. The Morgan fingerprint density at radius 2 is 2.00 bits per heavy atom. The molecule has 0 spiro atoms. The predicted octanol–water partition coefficient (Wildman–Crippen LogP) is 1.34. The SMILES string of the molecule is O=C(NCc1nnc2ccccn12)c1cc2c(cc1[N+](=O)[O-])OCCO2. The Kier molecular flexibility index (Phi) is 3.84. The number of rotatable bonds is 4. The standard InChI is InChI=1S/C16H13N5O5/c22-16(17-9-15-19-18-14-3-1-2-4-20(14)15)10-7-12-13(26-6-5-25-12)8-11(10)21(23)24/h1-4,7-8H,5-6,9H2,(H,17,22). The molecule has 1 amide bonds. The summed E-state index contributed by atoms with van der Waals surface area (Å²) in [7, 11) is 0. The van der Waals surface area contributed by atoms with E-state index < -0.39 is 10.8 Å². The summed E-state index contributed by atoms with van der Waals surface area (Å²) in [4.78, 5) is 23.2. The highest BCUT2D eigenvalue weighted by Crippen LogP contribution is 2.36. The van der Waals surface area contributed by atoms with E-state index in [1.54, 1.807) is 16.7 Å². The van der Waals surface area contributed by atoms with Crippen molar-refractivity contribution in [1.29, 1.82) is 0 Å². The third-order valence-corrected chi connectivity index (χ3v) is 3.89. The molecule has 26 heavy (non-hydrogen) atoms. The summed E-state index contributed by atoms with van der Waals surface area (Å²) in [6.07, 6.45) is 1.77. The summed E-state index contributed by atoms with van der Waals surface area (Å²) in [5.41, 5.74) is 0.188. The molecule has 0 bridgehead atoms. The molecule has 132 valence electrons. The topological polar surface area (TPSA) is 121 Å². The number of benzene rings is 1. The van der Waals surface area contributed by atoms with Gasteiger partial charge in [-0.15, -0.1) is 10.2 Å². The number of nitrogens with one attached hydrogen (secondary N) is 1. The van der Waals surface area contributed by atoms with Crippen LogP contribution in [0.15, 0.2) is 36.5 Å². The maximum absolute atomic E-state index is 12.5. The van der Waals surface area contributed by atoms with E-state index in [2.05, 4.69) is 15.5 Å². The van der Waals surface area contributed by atoms with E-state index in [4.69, 9.17) is 9.47 Å². The van der Waals surface area contributed by atoms with Crippen LogP contribution in [0, 0.1) is 10.1 Å². The van der Waals surface area contributed by atoms with Crippen LogP contribution in [0.3, 0.4) is 0 Å². The van der Waals surface area contributed by atoms with Crippen LogP contribution < -0.4 is 14.8 Å². The third-order valence-electron chi connectivity index (χ3n) is 3.89. The number of hydrogen-bond acceptors (Lipinski definition) is 7. The van der Waals surface area contributed by atoms with Gasteiger partial charge in [-0.2, -0.15) is 0 Å². The number of nitro groups is 1. The molecule has 0 saturated carbocycles. The Labute approximate surface area is 146 Å². The number of fused-ring (bicyclic) bond motifs is 2. The van der Waals surface area contributed by atoms with Crippen molar-refractivity contribution < 1.29 is 19.2 Å². The van der Waals surface area contributed by atoms with Crippen molar-refractivity contribution in [1.82, 2.24) is 19.9 Å². The number of nitrogens with zero attached hydrogens (tertiary/aromatic N) is 4. The highest BCUT2D eigenvalue weighted by molar-refractivity contribution is 5.99. The summed E-state index contributed by atoms with van der Waals surface area (Å²) in [5, 5.41) is 22.0. The van der Waals surface area contributed by atoms with E-state index in [0.29, 0.717) is 30.4 Å². The molecule has 3 heterocycles. The molecule has 0 saturated heterocycles. The molecule has 4 rings (SSSR count). The smallest absolute Gasteiger partial charge is 0.286 e. The number of hydrogen-bond donors (Lipinski definition) is 1. The van der Waals surface area contributed by atoms with Gasteiger partial charge in [-0.05, 0) is 12.1 Å². The molecule has 0 radical (unpaired) electrons. The number of carbonyl (C=O) groups excluding carboxylic acids is 1. The Morgan fingerprint density at radius 3 is 2.77 bits per heavy atom. The van der Waals surface area contributed by atoms with Gasteiger partial charge < -0.3 is 14.8 Å². The molecular weight excluding hydrogens is 342 g/mol. The molecule has 0 aliphatic carbocycles. The fraction of sp³-hybridized carbons (Fsp3) is 0.188. The minimum absolute atomic E-state index is 0.0651. The lowest BCUT2D eigenvalue weighted by atomic mass is 10.1. The van der Waals surface area contributed by atoms with Crippen molar-refractivity contribution in [3.05, 3.63) is 58.0 Å². The minimum atomic E-state index is -0.625. The van der Waals surface area contributed by atoms with E-state index in [0.717, 1.165) is 0 Å². The molecule has 0 fully saturated rings. The molecule has 1 aromatic carbocycles. The zero-order valence-electron chi connectivity index (χ0n) is 13.4. The number of nitro benzene ring substituents is 1. The van der Waals surface area contributed by atoms with Gasteiger partial charge in [-0.25, -0.2) is 0 Å². The average molecular weight is 355 g/mol. The molecule has 0 unspecified atom stereocenters. The lowest BCUT2D eigenvalue weighted by Crippen LogP contribution is -2.25. The van der Waals surface area contributed by atoms with Crippen LogP contribution in [0.1, 0.15) is 16.2 Å². The van der Waals surface area contributed by atoms with Gasteiger partial charge in [0.25, 0.3) is 11.6 Å². The van der Waals surface area contributed by atoms with Crippen LogP contribution in [0.2, 0.25) is 0 Å². The third kappa shape index (κ3) is 2.77. The number of carbonyl (C=O) groups is 1. The number of pyridine rings is 1. The van der Waals surface area contributed by atoms with Crippen molar-refractivity contribution in [2.45, 2.75) is 6.54 Å². The second-order valence-corrected chi connectivity index (χ2v) is 5.50. The Bertz CT molecular complexity index is 1020. The van der Waals surface area contributed by atoms with Crippen molar-refractivity contribution in [2.75, 3.05) is 13.2 Å². The van der Waals surface area contributed by atoms with Gasteiger partial charge in [0.1, 0.15) is 18.8 Å². The first kappa shape index (κ1) is 15.8.